The van der Waals surface area contributed by atoms with Gasteiger partial charge in [0.25, 0.3) is 5.91 Å². The molecule has 0 aliphatic carbocycles. The number of carbonyl (C=O) groups is 1. The van der Waals surface area contributed by atoms with Crippen molar-refractivity contribution in [1.29, 1.82) is 0 Å². The Morgan fingerprint density at radius 1 is 1.10 bits per heavy atom. The van der Waals surface area contributed by atoms with Gasteiger partial charge in [0.2, 0.25) is 5.95 Å². The van der Waals surface area contributed by atoms with Crippen LogP contribution < -0.4 is 15.4 Å². The highest BCUT2D eigenvalue weighted by molar-refractivity contribution is 8.00. The van der Waals surface area contributed by atoms with Crippen molar-refractivity contribution in [1.82, 2.24) is 25.2 Å². The second-order valence-electron chi connectivity index (χ2n) is 11.1. The molecule has 0 unspecified atom stereocenters. The van der Waals surface area contributed by atoms with Gasteiger partial charge in [0, 0.05) is 60.4 Å². The zero-order chi connectivity index (χ0) is 29.7. The van der Waals surface area contributed by atoms with Crippen LogP contribution in [0.4, 0.5) is 21.7 Å². The number of carbonyl (C=O) groups excluding carboxylic acids is 1. The van der Waals surface area contributed by atoms with Gasteiger partial charge in [0.15, 0.2) is 5.82 Å². The minimum Gasteiger partial charge on any atom is -0.336 e. The van der Waals surface area contributed by atoms with Gasteiger partial charge in [-0.25, -0.2) is 19.3 Å². The number of halogens is 1. The van der Waals surface area contributed by atoms with Gasteiger partial charge in [-0.05, 0) is 48.9 Å². The highest BCUT2D eigenvalue weighted by atomic mass is 32.2. The molecule has 220 valence electrons. The third-order valence-electron chi connectivity index (χ3n) is 6.69. The fourth-order valence-electron chi connectivity index (χ4n) is 4.44. The molecule has 0 atom stereocenters. The summed E-state index contributed by atoms with van der Waals surface area (Å²) in [6, 6.07) is 14.5. The highest BCUT2D eigenvalue weighted by Gasteiger charge is 2.26. The summed E-state index contributed by atoms with van der Waals surface area (Å²) in [5.41, 5.74) is 3.26. The fourth-order valence-corrected chi connectivity index (χ4v) is 6.17. The number of thiazole rings is 1. The van der Waals surface area contributed by atoms with Crippen LogP contribution in [0.15, 0.2) is 54.7 Å². The highest BCUT2D eigenvalue weighted by Crippen LogP contribution is 2.42. The zero-order valence-corrected chi connectivity index (χ0v) is 26.0. The van der Waals surface area contributed by atoms with Crippen LogP contribution in [0.5, 0.6) is 0 Å². The second-order valence-corrected chi connectivity index (χ2v) is 13.0. The molecule has 1 aliphatic rings. The minimum absolute atomic E-state index is 0.0316. The second kappa shape index (κ2) is 13.2. The molecule has 1 saturated heterocycles. The summed E-state index contributed by atoms with van der Waals surface area (Å²) in [4.78, 5) is 29.6. The van der Waals surface area contributed by atoms with Gasteiger partial charge < -0.3 is 20.3 Å². The summed E-state index contributed by atoms with van der Waals surface area (Å²) in [6.07, 6.45) is 2.68. The van der Waals surface area contributed by atoms with Crippen LogP contribution in [-0.2, 0) is 5.41 Å². The topological polar surface area (TPSA) is 95.1 Å². The van der Waals surface area contributed by atoms with Gasteiger partial charge in [-0.2, -0.15) is 0 Å². The summed E-state index contributed by atoms with van der Waals surface area (Å²) >= 11 is 3.00. The van der Waals surface area contributed by atoms with Gasteiger partial charge in [0.05, 0.1) is 27.0 Å². The molecule has 1 amide bonds. The molecule has 11 heteroatoms. The Balaban J connectivity index is 1.42. The van der Waals surface area contributed by atoms with Crippen LogP contribution >= 0.6 is 23.3 Å². The summed E-state index contributed by atoms with van der Waals surface area (Å²) in [5.74, 6) is 0.975. The number of nitrogens with one attached hydrogen (secondary N) is 3. The number of benzene rings is 2. The summed E-state index contributed by atoms with van der Waals surface area (Å²) in [7, 11) is 0. The molecule has 0 radical (unpaired) electrons. The van der Waals surface area contributed by atoms with Crippen molar-refractivity contribution in [2.24, 2.45) is 0 Å². The molecular formula is C31H36FN7OS2. The Kier molecular flexibility index (Phi) is 9.40. The van der Waals surface area contributed by atoms with E-state index in [-0.39, 0.29) is 17.1 Å². The van der Waals surface area contributed by atoms with Crippen LogP contribution in [0.25, 0.3) is 21.8 Å². The maximum atomic E-state index is 15.8. The van der Waals surface area contributed by atoms with Crippen LogP contribution in [-0.4, -0.2) is 57.7 Å². The number of nitrogens with zero attached hydrogens (tertiary/aromatic N) is 4. The molecule has 42 heavy (non-hydrogen) atoms. The maximum absolute atomic E-state index is 15.8. The summed E-state index contributed by atoms with van der Waals surface area (Å²) < 4.78 is 18.9. The smallest absolute Gasteiger partial charge is 0.253 e. The molecule has 1 fully saturated rings. The van der Waals surface area contributed by atoms with Crippen LogP contribution in [0.2, 0.25) is 0 Å². The van der Waals surface area contributed by atoms with Gasteiger partial charge in [0.1, 0.15) is 0 Å². The molecule has 4 aromatic rings. The first-order chi connectivity index (χ1) is 20.2. The quantitative estimate of drug-likeness (QED) is 0.139. The Morgan fingerprint density at radius 2 is 1.86 bits per heavy atom. The van der Waals surface area contributed by atoms with Crippen molar-refractivity contribution in [3.05, 3.63) is 71.1 Å². The molecule has 3 heterocycles. The van der Waals surface area contributed by atoms with Crippen molar-refractivity contribution >= 4 is 46.5 Å². The average Bonchev–Trinajstić information content (AvgIpc) is 3.45. The van der Waals surface area contributed by atoms with Crippen molar-refractivity contribution in [3.8, 4) is 21.8 Å². The van der Waals surface area contributed by atoms with Crippen LogP contribution in [0.1, 0.15) is 49.5 Å². The predicted octanol–water partition coefficient (Wildman–Crippen LogP) is 6.96. The van der Waals surface area contributed by atoms with Gasteiger partial charge in [-0.1, -0.05) is 45.7 Å². The first-order valence-electron chi connectivity index (χ1n) is 14.1. The van der Waals surface area contributed by atoms with E-state index in [9.17, 15) is 4.79 Å². The average molecular weight is 606 g/mol. The van der Waals surface area contributed by atoms with Gasteiger partial charge >= 0.3 is 0 Å². The molecular weight excluding hydrogens is 570 g/mol. The normalized spacial score (nSPS) is 13.7. The Morgan fingerprint density at radius 3 is 2.57 bits per heavy atom. The van der Waals surface area contributed by atoms with E-state index in [1.54, 1.807) is 18.3 Å². The van der Waals surface area contributed by atoms with Crippen LogP contribution in [0.3, 0.4) is 0 Å². The number of amides is 1. The standard InChI is InChI=1S/C31H36FN7OS2/c1-5-19-41-38-23-8-6-7-22(25(23)32)26-27(42-29(37-26)31(2,3)4)24-13-14-34-30(36-24)35-21-11-9-20(10-12-21)28(40)39-17-15-33-16-18-39/h6-14,33,38H,5,15-19H2,1-4H3,(H,34,35,36). The number of aromatic nitrogens is 3. The van der Waals surface area contributed by atoms with E-state index >= 15 is 4.39 Å². The third kappa shape index (κ3) is 6.91. The van der Waals surface area contributed by atoms with Crippen molar-refractivity contribution in [2.75, 3.05) is 42.0 Å². The lowest BCUT2D eigenvalue weighted by molar-refractivity contribution is 0.0736. The van der Waals surface area contributed by atoms with E-state index in [2.05, 4.69) is 48.0 Å². The van der Waals surface area contributed by atoms with E-state index in [1.807, 2.05) is 41.3 Å². The molecule has 2 aromatic heterocycles. The Hall–Kier alpha value is -3.54. The first-order valence-corrected chi connectivity index (χ1v) is 15.9. The number of hydrogen-bond acceptors (Lipinski definition) is 9. The number of anilines is 3. The lowest BCUT2D eigenvalue weighted by atomic mass is 9.98. The first kappa shape index (κ1) is 29.9. The molecule has 2 aromatic carbocycles. The lowest BCUT2D eigenvalue weighted by Gasteiger charge is -2.27. The molecule has 0 saturated carbocycles. The lowest BCUT2D eigenvalue weighted by Crippen LogP contribution is -2.46. The zero-order valence-electron chi connectivity index (χ0n) is 24.3. The van der Waals surface area contributed by atoms with E-state index < -0.39 is 0 Å². The predicted molar refractivity (Wildman–Crippen MR) is 172 cm³/mol. The Bertz CT molecular complexity index is 1530. The summed E-state index contributed by atoms with van der Waals surface area (Å²) in [6.45, 7) is 11.4. The van der Waals surface area contributed by atoms with Gasteiger partial charge in [-0.15, -0.1) is 11.3 Å². The van der Waals surface area contributed by atoms with E-state index in [4.69, 9.17) is 9.97 Å². The molecule has 5 rings (SSSR count). The van der Waals surface area contributed by atoms with Gasteiger partial charge in [-0.3, -0.25) is 4.79 Å². The van der Waals surface area contributed by atoms with Crippen molar-refractivity contribution in [3.63, 3.8) is 0 Å². The monoisotopic (exact) mass is 605 g/mol. The largest absolute Gasteiger partial charge is 0.336 e. The SMILES string of the molecule is CCCSNc1cccc(-c2nc(C(C)(C)C)sc2-c2ccnc(Nc3ccc(C(=O)N4CCNCC4)cc3)n2)c1F. The van der Waals surface area contributed by atoms with Crippen molar-refractivity contribution < 1.29 is 9.18 Å². The third-order valence-corrected chi connectivity index (χ3v) is 9.17. The fraction of sp³-hybridized carbons (Fsp3) is 0.355. The maximum Gasteiger partial charge on any atom is 0.253 e. The van der Waals surface area contributed by atoms with E-state index in [0.717, 1.165) is 40.8 Å². The summed E-state index contributed by atoms with van der Waals surface area (Å²) in [5, 5.41) is 7.40. The van der Waals surface area contributed by atoms with E-state index in [0.29, 0.717) is 47.2 Å². The van der Waals surface area contributed by atoms with E-state index in [1.165, 1.54) is 23.3 Å². The molecule has 0 bridgehead atoms. The number of rotatable bonds is 9. The number of hydrogen-bond donors (Lipinski definition) is 3. The Labute approximate surface area is 254 Å². The molecule has 1 aliphatic heterocycles. The minimum atomic E-state index is -0.337. The molecule has 8 nitrogen and oxygen atoms in total. The van der Waals surface area contributed by atoms with Crippen molar-refractivity contribution in [2.45, 2.75) is 39.5 Å². The van der Waals surface area contributed by atoms with Crippen LogP contribution in [0, 0.1) is 5.82 Å². The molecule has 0 spiro atoms. The molecule has 3 N–H and O–H groups in total. The number of piperazine rings is 1.